The molecule has 1 aliphatic rings. The van der Waals surface area contributed by atoms with Crippen LogP contribution >= 0.6 is 0 Å². The monoisotopic (exact) mass is 364 g/mol. The molecule has 1 saturated heterocycles. The van der Waals surface area contributed by atoms with E-state index in [-0.39, 0.29) is 12.1 Å². The zero-order valence-corrected chi connectivity index (χ0v) is 15.3. The minimum Gasteiger partial charge on any atom is -0.491 e. The van der Waals surface area contributed by atoms with Gasteiger partial charge in [0.05, 0.1) is 13.2 Å². The van der Waals surface area contributed by atoms with Gasteiger partial charge in [0.2, 0.25) is 0 Å². The maximum atomic E-state index is 12.4. The lowest BCUT2D eigenvalue weighted by Gasteiger charge is -2.32. The summed E-state index contributed by atoms with van der Waals surface area (Å²) < 4.78 is 11.5. The number of benzene rings is 2. The highest BCUT2D eigenvalue weighted by Gasteiger charge is 2.24. The number of hydrogen-bond donors (Lipinski definition) is 1. The molecule has 1 aliphatic heterocycles. The molecule has 140 valence electrons. The highest BCUT2D eigenvalue weighted by atomic mass is 16.5. The quantitative estimate of drug-likeness (QED) is 0.802. The number of urea groups is 1. The zero-order chi connectivity index (χ0) is 18.9. The Morgan fingerprint density at radius 2 is 2.11 bits per heavy atom. The first-order valence-electron chi connectivity index (χ1n) is 9.12. The van der Waals surface area contributed by atoms with Gasteiger partial charge in [-0.25, -0.2) is 4.79 Å². The van der Waals surface area contributed by atoms with Crippen molar-refractivity contribution in [3.05, 3.63) is 65.7 Å². The molecule has 0 saturated carbocycles. The number of ether oxygens (including phenoxy) is 2. The Morgan fingerprint density at radius 3 is 2.93 bits per heavy atom. The maximum absolute atomic E-state index is 12.4. The van der Waals surface area contributed by atoms with E-state index >= 15 is 0 Å². The van der Waals surface area contributed by atoms with Crippen LogP contribution in [0.25, 0.3) is 0 Å². The Kier molecular flexibility index (Phi) is 6.72. The zero-order valence-electron chi connectivity index (χ0n) is 15.3. The van der Waals surface area contributed by atoms with Gasteiger partial charge in [0.25, 0.3) is 0 Å². The van der Waals surface area contributed by atoms with E-state index in [1.807, 2.05) is 42.5 Å². The molecule has 0 aromatic heterocycles. The summed E-state index contributed by atoms with van der Waals surface area (Å²) in [6.45, 7) is 2.58. The molecule has 0 spiro atoms. The van der Waals surface area contributed by atoms with Crippen LogP contribution in [0.3, 0.4) is 0 Å². The van der Waals surface area contributed by atoms with E-state index in [2.05, 4.69) is 23.4 Å². The van der Waals surface area contributed by atoms with Crippen LogP contribution < -0.4 is 10.1 Å². The SMILES string of the molecule is C#Cc1cccc(OCC2CN(C(=O)NCCc3ccccc3)CCO2)c1. The highest BCUT2D eigenvalue weighted by molar-refractivity contribution is 5.74. The minimum absolute atomic E-state index is 0.0615. The van der Waals surface area contributed by atoms with Gasteiger partial charge >= 0.3 is 6.03 Å². The van der Waals surface area contributed by atoms with Crippen LogP contribution in [0, 0.1) is 12.3 Å². The second-order valence-electron chi connectivity index (χ2n) is 6.39. The van der Waals surface area contributed by atoms with Crippen LogP contribution in [-0.2, 0) is 11.2 Å². The van der Waals surface area contributed by atoms with Crippen molar-refractivity contribution in [1.29, 1.82) is 0 Å². The van der Waals surface area contributed by atoms with Gasteiger partial charge < -0.3 is 19.7 Å². The van der Waals surface area contributed by atoms with Crippen molar-refractivity contribution in [1.82, 2.24) is 10.2 Å². The number of amides is 2. The normalized spacial score (nSPS) is 16.4. The Morgan fingerprint density at radius 1 is 1.26 bits per heavy atom. The standard InChI is InChI=1S/C22H24N2O3/c1-2-18-9-6-10-20(15-18)27-17-21-16-24(13-14-26-21)22(25)23-12-11-19-7-4-3-5-8-19/h1,3-10,15,21H,11-14,16-17H2,(H,23,25). The second kappa shape index (κ2) is 9.65. The number of terminal acetylenes is 1. The first-order valence-corrected chi connectivity index (χ1v) is 9.12. The predicted molar refractivity (Wildman–Crippen MR) is 105 cm³/mol. The fourth-order valence-corrected chi connectivity index (χ4v) is 2.94. The fraction of sp³-hybridized carbons (Fsp3) is 0.318. The van der Waals surface area contributed by atoms with Gasteiger partial charge in [-0.2, -0.15) is 0 Å². The third-order valence-electron chi connectivity index (χ3n) is 4.40. The molecule has 0 aliphatic carbocycles. The number of carbonyl (C=O) groups excluding carboxylic acids is 1. The summed E-state index contributed by atoms with van der Waals surface area (Å²) in [4.78, 5) is 14.2. The van der Waals surface area contributed by atoms with Crippen molar-refractivity contribution in [2.75, 3.05) is 32.8 Å². The van der Waals surface area contributed by atoms with Crippen LogP contribution in [0.5, 0.6) is 5.75 Å². The Hall–Kier alpha value is -2.97. The second-order valence-corrected chi connectivity index (χ2v) is 6.39. The van der Waals surface area contributed by atoms with Crippen LogP contribution in [0.15, 0.2) is 54.6 Å². The van der Waals surface area contributed by atoms with Gasteiger partial charge in [-0.1, -0.05) is 42.3 Å². The van der Waals surface area contributed by atoms with E-state index in [9.17, 15) is 4.79 Å². The fourth-order valence-electron chi connectivity index (χ4n) is 2.94. The van der Waals surface area contributed by atoms with Crippen molar-refractivity contribution in [2.45, 2.75) is 12.5 Å². The summed E-state index contributed by atoms with van der Waals surface area (Å²) in [6, 6.07) is 17.4. The molecule has 2 aromatic carbocycles. The van der Waals surface area contributed by atoms with Gasteiger partial charge in [-0.05, 0) is 30.2 Å². The van der Waals surface area contributed by atoms with Crippen molar-refractivity contribution >= 4 is 6.03 Å². The van der Waals surface area contributed by atoms with Gasteiger partial charge in [-0.15, -0.1) is 6.42 Å². The van der Waals surface area contributed by atoms with Crippen molar-refractivity contribution in [3.63, 3.8) is 0 Å². The highest BCUT2D eigenvalue weighted by Crippen LogP contribution is 2.14. The smallest absolute Gasteiger partial charge is 0.317 e. The molecule has 0 radical (unpaired) electrons. The van der Waals surface area contributed by atoms with E-state index in [0.717, 1.165) is 12.0 Å². The molecular weight excluding hydrogens is 340 g/mol. The molecule has 1 heterocycles. The van der Waals surface area contributed by atoms with Gasteiger partial charge in [0.15, 0.2) is 0 Å². The van der Waals surface area contributed by atoms with Gasteiger partial charge in [0.1, 0.15) is 18.5 Å². The van der Waals surface area contributed by atoms with Crippen molar-refractivity contribution in [3.8, 4) is 18.1 Å². The topological polar surface area (TPSA) is 50.8 Å². The molecule has 1 unspecified atom stereocenters. The third kappa shape index (κ3) is 5.77. The molecular formula is C22H24N2O3. The number of rotatable bonds is 6. The molecule has 2 aromatic rings. The molecule has 1 N–H and O–H groups in total. The lowest BCUT2D eigenvalue weighted by Crippen LogP contribution is -2.51. The van der Waals surface area contributed by atoms with E-state index in [4.69, 9.17) is 15.9 Å². The largest absolute Gasteiger partial charge is 0.491 e. The summed E-state index contributed by atoms with van der Waals surface area (Å²) >= 11 is 0. The number of nitrogens with zero attached hydrogens (tertiary/aromatic N) is 1. The Balaban J connectivity index is 1.42. The van der Waals surface area contributed by atoms with Crippen LogP contribution in [0.4, 0.5) is 4.79 Å². The first kappa shape index (κ1) is 18.8. The summed E-state index contributed by atoms with van der Waals surface area (Å²) in [7, 11) is 0. The Labute approximate surface area is 160 Å². The molecule has 2 amide bonds. The molecule has 27 heavy (non-hydrogen) atoms. The third-order valence-corrected chi connectivity index (χ3v) is 4.40. The minimum atomic E-state index is -0.159. The summed E-state index contributed by atoms with van der Waals surface area (Å²) in [5.74, 6) is 3.29. The molecule has 0 bridgehead atoms. The van der Waals surface area contributed by atoms with Crippen LogP contribution in [-0.4, -0.2) is 49.9 Å². The molecule has 3 rings (SSSR count). The average Bonchev–Trinajstić information content (AvgIpc) is 2.73. The maximum Gasteiger partial charge on any atom is 0.317 e. The lowest BCUT2D eigenvalue weighted by molar-refractivity contribution is -0.0351. The lowest BCUT2D eigenvalue weighted by atomic mass is 10.1. The van der Waals surface area contributed by atoms with E-state index in [0.29, 0.717) is 38.6 Å². The van der Waals surface area contributed by atoms with E-state index < -0.39 is 0 Å². The number of morpholine rings is 1. The Bertz CT molecular complexity index is 786. The van der Waals surface area contributed by atoms with Gasteiger partial charge in [-0.3, -0.25) is 0 Å². The molecule has 1 fully saturated rings. The number of nitrogens with one attached hydrogen (secondary N) is 1. The predicted octanol–water partition coefficient (Wildman–Crippen LogP) is 2.70. The van der Waals surface area contributed by atoms with Crippen molar-refractivity contribution < 1.29 is 14.3 Å². The van der Waals surface area contributed by atoms with Crippen LogP contribution in [0.1, 0.15) is 11.1 Å². The molecule has 1 atom stereocenters. The van der Waals surface area contributed by atoms with Crippen molar-refractivity contribution in [2.24, 2.45) is 0 Å². The summed E-state index contributed by atoms with van der Waals surface area (Å²) in [5.41, 5.74) is 1.98. The van der Waals surface area contributed by atoms with Gasteiger partial charge in [0, 0.05) is 18.7 Å². The summed E-state index contributed by atoms with van der Waals surface area (Å²) in [6.07, 6.45) is 6.06. The molecule has 5 heteroatoms. The average molecular weight is 364 g/mol. The van der Waals surface area contributed by atoms with Crippen LogP contribution in [0.2, 0.25) is 0 Å². The van der Waals surface area contributed by atoms with E-state index in [1.54, 1.807) is 4.90 Å². The number of carbonyl (C=O) groups is 1. The molecule has 5 nitrogen and oxygen atoms in total. The number of hydrogen-bond acceptors (Lipinski definition) is 3. The van der Waals surface area contributed by atoms with E-state index in [1.165, 1.54) is 5.56 Å². The first-order chi connectivity index (χ1) is 13.2. The summed E-state index contributed by atoms with van der Waals surface area (Å²) in [5, 5.41) is 2.98.